The zero-order valence-electron chi connectivity index (χ0n) is 31.5. The number of pyridine rings is 1. The van der Waals surface area contributed by atoms with Crippen LogP contribution in [-0.4, -0.2) is 59.6 Å². The molecule has 4 aromatic carbocycles. The van der Waals surface area contributed by atoms with Crippen LogP contribution in [0, 0.1) is 13.8 Å². The van der Waals surface area contributed by atoms with E-state index in [1.54, 1.807) is 18.3 Å². The van der Waals surface area contributed by atoms with Gasteiger partial charge in [0.1, 0.15) is 29.6 Å². The fraction of sp³-hybridized carbons (Fsp3) is 0.289. The standard InChI is InChI=1S/C45H48ClN3O5/c1-32(2)53-40-16-14-39(15-17-40)51-26-21-35-9-11-36(12-10-35)30-48-22-24-49(25-23-48)44(50)20-13-37-27-33(3)45(34(4)28-37)54-43-19-18-41(29-47-43)52-31-38-7-5-6-8-42(38)46/h5-20,27-29,32H,21-26,30-31H2,1-4H3. The lowest BCUT2D eigenvalue weighted by Gasteiger charge is -2.34. The highest BCUT2D eigenvalue weighted by Crippen LogP contribution is 2.30. The van der Waals surface area contributed by atoms with Gasteiger partial charge in [0.05, 0.1) is 18.9 Å². The predicted octanol–water partition coefficient (Wildman–Crippen LogP) is 9.49. The monoisotopic (exact) mass is 745 g/mol. The normalized spacial score (nSPS) is 13.3. The SMILES string of the molecule is Cc1cc(C=CC(=O)N2CCN(Cc3ccc(CCOc4ccc(OC(C)C)cc4)cc3)CC2)cc(C)c1Oc1ccc(OCc2ccccc2Cl)cn1. The van der Waals surface area contributed by atoms with E-state index >= 15 is 0 Å². The molecule has 0 saturated carbocycles. The van der Waals surface area contributed by atoms with Crippen molar-refractivity contribution >= 4 is 23.6 Å². The number of rotatable bonds is 15. The first-order valence-corrected chi connectivity index (χ1v) is 18.8. The molecule has 0 spiro atoms. The van der Waals surface area contributed by atoms with Crippen LogP contribution < -0.4 is 18.9 Å². The van der Waals surface area contributed by atoms with E-state index in [4.69, 9.17) is 30.5 Å². The van der Waals surface area contributed by atoms with Crippen molar-refractivity contribution in [2.75, 3.05) is 32.8 Å². The molecule has 8 nitrogen and oxygen atoms in total. The number of ether oxygens (including phenoxy) is 4. The minimum atomic E-state index is 0.0257. The molecule has 1 aromatic heterocycles. The lowest BCUT2D eigenvalue weighted by Crippen LogP contribution is -2.47. The molecule has 2 heterocycles. The van der Waals surface area contributed by atoms with Gasteiger partial charge in [-0.2, -0.15) is 0 Å². The van der Waals surface area contributed by atoms with Crippen molar-refractivity contribution < 1.29 is 23.7 Å². The summed E-state index contributed by atoms with van der Waals surface area (Å²) in [7, 11) is 0. The van der Waals surface area contributed by atoms with Gasteiger partial charge in [0.25, 0.3) is 0 Å². The molecule has 1 fully saturated rings. The Kier molecular flexibility index (Phi) is 13.3. The second-order valence-electron chi connectivity index (χ2n) is 13.8. The molecule has 0 atom stereocenters. The quantitative estimate of drug-likeness (QED) is 0.0989. The molecule has 280 valence electrons. The van der Waals surface area contributed by atoms with Gasteiger partial charge in [-0.05, 0) is 110 Å². The third-order valence-electron chi connectivity index (χ3n) is 9.14. The van der Waals surface area contributed by atoms with Crippen LogP contribution in [0.1, 0.15) is 47.2 Å². The van der Waals surface area contributed by atoms with Crippen LogP contribution in [0.4, 0.5) is 0 Å². The first kappa shape index (κ1) is 38.4. The Labute approximate surface area is 323 Å². The zero-order valence-corrected chi connectivity index (χ0v) is 32.2. The number of nitrogens with zero attached hydrogens (tertiary/aromatic N) is 3. The maximum absolute atomic E-state index is 13.1. The van der Waals surface area contributed by atoms with Crippen molar-refractivity contribution in [1.29, 1.82) is 0 Å². The molecule has 0 unspecified atom stereocenters. The smallest absolute Gasteiger partial charge is 0.246 e. The van der Waals surface area contributed by atoms with E-state index in [2.05, 4.69) is 34.1 Å². The third kappa shape index (κ3) is 11.1. The van der Waals surface area contributed by atoms with Crippen molar-refractivity contribution in [3.05, 3.63) is 148 Å². The van der Waals surface area contributed by atoms with Crippen molar-refractivity contribution in [2.45, 2.75) is 53.4 Å². The Morgan fingerprint density at radius 2 is 1.48 bits per heavy atom. The molecule has 1 saturated heterocycles. The number of halogens is 1. The Hall–Kier alpha value is -5.31. The zero-order chi connectivity index (χ0) is 37.9. The van der Waals surface area contributed by atoms with Crippen LogP contribution in [0.15, 0.2) is 109 Å². The molecule has 1 aliphatic heterocycles. The van der Waals surface area contributed by atoms with Gasteiger partial charge in [0.2, 0.25) is 11.8 Å². The average Bonchev–Trinajstić information content (AvgIpc) is 3.17. The topological polar surface area (TPSA) is 73.4 Å². The molecular formula is C45H48ClN3O5. The number of amides is 1. The summed E-state index contributed by atoms with van der Waals surface area (Å²) in [4.78, 5) is 21.9. The minimum Gasteiger partial charge on any atom is -0.493 e. The maximum Gasteiger partial charge on any atom is 0.246 e. The van der Waals surface area contributed by atoms with Gasteiger partial charge in [0.15, 0.2) is 0 Å². The summed E-state index contributed by atoms with van der Waals surface area (Å²) in [5, 5.41) is 0.668. The van der Waals surface area contributed by atoms with Crippen molar-refractivity contribution in [3.8, 4) is 28.9 Å². The molecule has 0 N–H and O–H groups in total. The fourth-order valence-corrected chi connectivity index (χ4v) is 6.47. The largest absolute Gasteiger partial charge is 0.493 e. The van der Waals surface area contributed by atoms with Crippen LogP contribution in [0.5, 0.6) is 28.9 Å². The highest BCUT2D eigenvalue weighted by molar-refractivity contribution is 6.31. The van der Waals surface area contributed by atoms with Crippen LogP contribution in [0.25, 0.3) is 6.08 Å². The van der Waals surface area contributed by atoms with E-state index in [1.165, 1.54) is 11.1 Å². The van der Waals surface area contributed by atoms with Crippen LogP contribution in [0.2, 0.25) is 5.02 Å². The highest BCUT2D eigenvalue weighted by Gasteiger charge is 2.20. The van der Waals surface area contributed by atoms with E-state index < -0.39 is 0 Å². The molecule has 9 heteroatoms. The molecular weight excluding hydrogens is 698 g/mol. The van der Waals surface area contributed by atoms with Gasteiger partial charge in [-0.3, -0.25) is 9.69 Å². The molecule has 0 bridgehead atoms. The van der Waals surface area contributed by atoms with Gasteiger partial charge in [-0.15, -0.1) is 0 Å². The summed E-state index contributed by atoms with van der Waals surface area (Å²) < 4.78 is 23.6. The van der Waals surface area contributed by atoms with Crippen LogP contribution in [-0.2, 0) is 24.4 Å². The Morgan fingerprint density at radius 1 is 0.815 bits per heavy atom. The van der Waals surface area contributed by atoms with E-state index in [9.17, 15) is 4.79 Å². The van der Waals surface area contributed by atoms with E-state index in [-0.39, 0.29) is 12.0 Å². The average molecular weight is 746 g/mol. The number of carbonyl (C=O) groups excluding carboxylic acids is 1. The van der Waals surface area contributed by atoms with E-state index in [1.807, 2.05) is 105 Å². The lowest BCUT2D eigenvalue weighted by molar-refractivity contribution is -0.127. The molecule has 6 rings (SSSR count). The van der Waals surface area contributed by atoms with Crippen LogP contribution in [0.3, 0.4) is 0 Å². The number of piperazine rings is 1. The first-order chi connectivity index (χ1) is 26.2. The Morgan fingerprint density at radius 3 is 2.15 bits per heavy atom. The van der Waals surface area contributed by atoms with E-state index in [0.29, 0.717) is 43.0 Å². The number of benzene rings is 4. The van der Waals surface area contributed by atoms with Crippen LogP contribution >= 0.6 is 11.6 Å². The number of carbonyl (C=O) groups is 1. The predicted molar refractivity (Wildman–Crippen MR) is 215 cm³/mol. The molecule has 0 aliphatic carbocycles. The summed E-state index contributed by atoms with van der Waals surface area (Å²) in [6.07, 6.45) is 6.18. The number of hydrogen-bond donors (Lipinski definition) is 0. The molecule has 5 aromatic rings. The number of hydrogen-bond acceptors (Lipinski definition) is 7. The van der Waals surface area contributed by atoms with Crippen molar-refractivity contribution in [3.63, 3.8) is 0 Å². The highest BCUT2D eigenvalue weighted by atomic mass is 35.5. The lowest BCUT2D eigenvalue weighted by atomic mass is 10.1. The van der Waals surface area contributed by atoms with E-state index in [0.717, 1.165) is 65.6 Å². The minimum absolute atomic E-state index is 0.0257. The fourth-order valence-electron chi connectivity index (χ4n) is 6.28. The Balaban J connectivity index is 0.918. The maximum atomic E-state index is 13.1. The molecule has 1 amide bonds. The summed E-state index contributed by atoms with van der Waals surface area (Å²) in [6.45, 7) is 12.9. The third-order valence-corrected chi connectivity index (χ3v) is 9.51. The Bertz CT molecular complexity index is 1980. The second kappa shape index (κ2) is 18.6. The summed E-state index contributed by atoms with van der Waals surface area (Å²) in [5.74, 6) is 3.56. The van der Waals surface area contributed by atoms with Gasteiger partial charge < -0.3 is 23.8 Å². The van der Waals surface area contributed by atoms with Gasteiger partial charge in [0, 0.05) is 61.9 Å². The van der Waals surface area contributed by atoms with Crippen molar-refractivity contribution in [2.24, 2.45) is 0 Å². The summed E-state index contributed by atoms with van der Waals surface area (Å²) in [6, 6.07) is 31.8. The number of aryl methyl sites for hydroxylation is 2. The molecule has 54 heavy (non-hydrogen) atoms. The molecule has 1 aliphatic rings. The van der Waals surface area contributed by atoms with Gasteiger partial charge >= 0.3 is 0 Å². The number of aromatic nitrogens is 1. The first-order valence-electron chi connectivity index (χ1n) is 18.5. The molecule has 0 radical (unpaired) electrons. The van der Waals surface area contributed by atoms with Gasteiger partial charge in [-0.25, -0.2) is 4.98 Å². The second-order valence-corrected chi connectivity index (χ2v) is 14.2. The van der Waals surface area contributed by atoms with Crippen molar-refractivity contribution in [1.82, 2.24) is 14.8 Å². The summed E-state index contributed by atoms with van der Waals surface area (Å²) in [5.41, 5.74) is 6.28. The van der Waals surface area contributed by atoms with Gasteiger partial charge in [-0.1, -0.05) is 54.1 Å². The summed E-state index contributed by atoms with van der Waals surface area (Å²) >= 11 is 6.23.